The zero-order valence-corrected chi connectivity index (χ0v) is 12.2. The zero-order valence-electron chi connectivity index (χ0n) is 11.4. The average Bonchev–Trinajstić information content (AvgIpc) is 2.50. The molecular formula is C15H15ClN4O. The van der Waals surface area contributed by atoms with Crippen LogP contribution in [0, 0.1) is 0 Å². The van der Waals surface area contributed by atoms with Crippen LogP contribution >= 0.6 is 11.6 Å². The van der Waals surface area contributed by atoms with Crippen LogP contribution in [0.25, 0.3) is 0 Å². The lowest BCUT2D eigenvalue weighted by Crippen LogP contribution is -2.50. The number of anilines is 1. The fraction of sp³-hybridized carbons (Fsp3) is 0.267. The number of halogens is 1. The molecule has 108 valence electrons. The van der Waals surface area contributed by atoms with E-state index in [-0.39, 0.29) is 5.91 Å². The van der Waals surface area contributed by atoms with Gasteiger partial charge in [0.05, 0.1) is 6.54 Å². The minimum absolute atomic E-state index is 0.0359. The van der Waals surface area contributed by atoms with E-state index in [1.165, 1.54) is 5.56 Å². The SMILES string of the molecule is O=C1CN(Cc2ccccc2)CCN1c1ccc(Cl)nn1. The maximum atomic E-state index is 12.3. The molecule has 1 aliphatic rings. The van der Waals surface area contributed by atoms with Crippen molar-refractivity contribution >= 4 is 23.3 Å². The number of aromatic nitrogens is 2. The van der Waals surface area contributed by atoms with Crippen LogP contribution in [0.15, 0.2) is 42.5 Å². The van der Waals surface area contributed by atoms with Gasteiger partial charge in [-0.1, -0.05) is 41.9 Å². The van der Waals surface area contributed by atoms with Crippen LogP contribution < -0.4 is 4.90 Å². The molecule has 0 bridgehead atoms. The van der Waals surface area contributed by atoms with Gasteiger partial charge in [0, 0.05) is 19.6 Å². The first-order chi connectivity index (χ1) is 10.2. The van der Waals surface area contributed by atoms with Gasteiger partial charge in [0.25, 0.3) is 0 Å². The third-order valence-corrected chi connectivity index (χ3v) is 3.64. The first kappa shape index (κ1) is 14.0. The van der Waals surface area contributed by atoms with Crippen molar-refractivity contribution in [1.29, 1.82) is 0 Å². The molecule has 1 fully saturated rings. The molecule has 2 heterocycles. The smallest absolute Gasteiger partial charge is 0.242 e. The van der Waals surface area contributed by atoms with E-state index >= 15 is 0 Å². The topological polar surface area (TPSA) is 49.3 Å². The Labute approximate surface area is 128 Å². The van der Waals surface area contributed by atoms with Crippen molar-refractivity contribution in [1.82, 2.24) is 15.1 Å². The molecule has 21 heavy (non-hydrogen) atoms. The third-order valence-electron chi connectivity index (χ3n) is 3.44. The summed E-state index contributed by atoms with van der Waals surface area (Å²) >= 11 is 5.72. The minimum Gasteiger partial charge on any atom is -0.293 e. The van der Waals surface area contributed by atoms with Crippen LogP contribution in [0.4, 0.5) is 5.82 Å². The van der Waals surface area contributed by atoms with E-state index in [1.54, 1.807) is 17.0 Å². The van der Waals surface area contributed by atoms with Crippen LogP contribution in [0.1, 0.15) is 5.56 Å². The second-order valence-corrected chi connectivity index (χ2v) is 5.34. The number of carbonyl (C=O) groups is 1. The number of hydrogen-bond donors (Lipinski definition) is 0. The Bertz CT molecular complexity index is 617. The first-order valence-electron chi connectivity index (χ1n) is 6.78. The van der Waals surface area contributed by atoms with Crippen molar-refractivity contribution in [2.45, 2.75) is 6.54 Å². The van der Waals surface area contributed by atoms with Gasteiger partial charge < -0.3 is 0 Å². The van der Waals surface area contributed by atoms with Gasteiger partial charge in [0.2, 0.25) is 5.91 Å². The summed E-state index contributed by atoms with van der Waals surface area (Å²) in [4.78, 5) is 16.1. The van der Waals surface area contributed by atoms with E-state index in [4.69, 9.17) is 11.6 Å². The highest BCUT2D eigenvalue weighted by Gasteiger charge is 2.25. The molecule has 0 saturated carbocycles. The summed E-state index contributed by atoms with van der Waals surface area (Å²) < 4.78 is 0. The molecule has 0 spiro atoms. The summed E-state index contributed by atoms with van der Waals surface area (Å²) in [5, 5.41) is 8.08. The second kappa shape index (κ2) is 6.20. The Balaban J connectivity index is 1.64. The molecule has 2 aromatic rings. The molecule has 1 amide bonds. The fourth-order valence-corrected chi connectivity index (χ4v) is 2.49. The van der Waals surface area contributed by atoms with Crippen LogP contribution in [0.3, 0.4) is 0 Å². The first-order valence-corrected chi connectivity index (χ1v) is 7.16. The second-order valence-electron chi connectivity index (χ2n) is 4.96. The number of nitrogens with zero attached hydrogens (tertiary/aromatic N) is 4. The van der Waals surface area contributed by atoms with Crippen molar-refractivity contribution in [3.05, 3.63) is 53.2 Å². The molecule has 3 rings (SSSR count). The molecule has 6 heteroatoms. The maximum Gasteiger partial charge on any atom is 0.242 e. The lowest BCUT2D eigenvalue weighted by Gasteiger charge is -2.33. The van der Waals surface area contributed by atoms with Crippen LogP contribution in [0.2, 0.25) is 5.15 Å². The molecule has 1 aromatic carbocycles. The Morgan fingerprint density at radius 3 is 2.52 bits per heavy atom. The Hall–Kier alpha value is -1.98. The molecule has 0 aliphatic carbocycles. The summed E-state index contributed by atoms with van der Waals surface area (Å²) in [6, 6.07) is 13.5. The van der Waals surface area contributed by atoms with Crippen LogP contribution in [-0.2, 0) is 11.3 Å². The van der Waals surface area contributed by atoms with Gasteiger partial charge in [0.15, 0.2) is 11.0 Å². The summed E-state index contributed by atoms with van der Waals surface area (Å²) in [7, 11) is 0. The molecular weight excluding hydrogens is 288 g/mol. The lowest BCUT2D eigenvalue weighted by molar-refractivity contribution is -0.121. The number of carbonyl (C=O) groups excluding carboxylic acids is 1. The van der Waals surface area contributed by atoms with Crippen molar-refractivity contribution in [2.24, 2.45) is 0 Å². The van der Waals surface area contributed by atoms with E-state index in [0.29, 0.717) is 24.1 Å². The number of hydrogen-bond acceptors (Lipinski definition) is 4. The van der Waals surface area contributed by atoms with Gasteiger partial charge in [-0.15, -0.1) is 10.2 Å². The van der Waals surface area contributed by atoms with Gasteiger partial charge in [-0.05, 0) is 17.7 Å². The summed E-state index contributed by atoms with van der Waals surface area (Å²) in [6.07, 6.45) is 0. The third kappa shape index (κ3) is 3.37. The summed E-state index contributed by atoms with van der Waals surface area (Å²) in [5.74, 6) is 0.595. The summed E-state index contributed by atoms with van der Waals surface area (Å²) in [6.45, 7) is 2.60. The number of amides is 1. The number of benzene rings is 1. The van der Waals surface area contributed by atoms with E-state index in [2.05, 4.69) is 27.2 Å². The minimum atomic E-state index is 0.0359. The maximum absolute atomic E-state index is 12.3. The Kier molecular flexibility index (Phi) is 4.13. The molecule has 1 aliphatic heterocycles. The monoisotopic (exact) mass is 302 g/mol. The van der Waals surface area contributed by atoms with E-state index in [0.717, 1.165) is 13.1 Å². The van der Waals surface area contributed by atoms with Gasteiger partial charge >= 0.3 is 0 Å². The largest absolute Gasteiger partial charge is 0.293 e. The van der Waals surface area contributed by atoms with Gasteiger partial charge in [-0.2, -0.15) is 0 Å². The number of rotatable bonds is 3. The molecule has 5 nitrogen and oxygen atoms in total. The summed E-state index contributed by atoms with van der Waals surface area (Å²) in [5.41, 5.74) is 1.21. The molecule has 1 saturated heterocycles. The number of piperazine rings is 1. The van der Waals surface area contributed by atoms with Crippen molar-refractivity contribution < 1.29 is 4.79 Å². The zero-order chi connectivity index (χ0) is 14.7. The quantitative estimate of drug-likeness (QED) is 0.870. The molecule has 1 aromatic heterocycles. The predicted octanol–water partition coefficient (Wildman–Crippen LogP) is 1.98. The van der Waals surface area contributed by atoms with Crippen LogP contribution in [-0.4, -0.2) is 40.6 Å². The van der Waals surface area contributed by atoms with Crippen molar-refractivity contribution in [2.75, 3.05) is 24.5 Å². The van der Waals surface area contributed by atoms with Crippen molar-refractivity contribution in [3.8, 4) is 0 Å². The van der Waals surface area contributed by atoms with Gasteiger partial charge in [-0.3, -0.25) is 14.6 Å². The molecule has 0 N–H and O–H groups in total. The van der Waals surface area contributed by atoms with E-state index < -0.39 is 0 Å². The van der Waals surface area contributed by atoms with Crippen LogP contribution in [0.5, 0.6) is 0 Å². The lowest BCUT2D eigenvalue weighted by atomic mass is 10.2. The average molecular weight is 303 g/mol. The van der Waals surface area contributed by atoms with Gasteiger partial charge in [0.1, 0.15) is 0 Å². The van der Waals surface area contributed by atoms with E-state index in [9.17, 15) is 4.79 Å². The highest BCUT2D eigenvalue weighted by Crippen LogP contribution is 2.16. The molecule has 0 atom stereocenters. The van der Waals surface area contributed by atoms with Gasteiger partial charge in [-0.25, -0.2) is 0 Å². The Morgan fingerprint density at radius 1 is 1.05 bits per heavy atom. The highest BCUT2D eigenvalue weighted by molar-refractivity contribution is 6.29. The molecule has 0 radical (unpaired) electrons. The molecule has 0 unspecified atom stereocenters. The van der Waals surface area contributed by atoms with E-state index in [1.807, 2.05) is 18.2 Å². The normalized spacial score (nSPS) is 16.2. The predicted molar refractivity (Wildman–Crippen MR) is 81.1 cm³/mol. The Morgan fingerprint density at radius 2 is 1.86 bits per heavy atom. The fourth-order valence-electron chi connectivity index (χ4n) is 2.39. The highest BCUT2D eigenvalue weighted by atomic mass is 35.5. The standard InChI is InChI=1S/C15H15ClN4O/c16-13-6-7-14(18-17-13)20-9-8-19(11-15(20)21)10-12-4-2-1-3-5-12/h1-7H,8-11H2. The van der Waals surface area contributed by atoms with Crippen molar-refractivity contribution in [3.63, 3.8) is 0 Å².